The Morgan fingerprint density at radius 2 is 1.75 bits per heavy atom. The molecule has 0 aliphatic carbocycles. The second-order valence-electron chi connectivity index (χ2n) is 7.87. The van der Waals surface area contributed by atoms with E-state index < -0.39 is 0 Å². The van der Waals surface area contributed by atoms with Gasteiger partial charge in [0.25, 0.3) is 0 Å². The number of amides is 2. The van der Waals surface area contributed by atoms with E-state index in [-0.39, 0.29) is 10.5 Å². The maximum Gasteiger partial charge on any atom is 0.413 e. The van der Waals surface area contributed by atoms with Crippen LogP contribution >= 0.6 is 11.3 Å². The fourth-order valence-electron chi connectivity index (χ4n) is 3.68. The average molecular weight is 393 g/mol. The van der Waals surface area contributed by atoms with E-state index in [1.165, 1.54) is 31.6 Å². The van der Waals surface area contributed by atoms with Crippen LogP contribution in [0.2, 0.25) is 0 Å². The third-order valence-corrected chi connectivity index (χ3v) is 6.63. The van der Waals surface area contributed by atoms with Crippen molar-refractivity contribution >= 4 is 38.5 Å². The third kappa shape index (κ3) is 3.55. The van der Waals surface area contributed by atoms with Crippen molar-refractivity contribution in [2.75, 3.05) is 20.6 Å². The number of para-hydroxylation sites is 1. The normalized spacial score (nSPS) is 12.1. The molecule has 0 unspecified atom stereocenters. The number of nitrogens with two attached hydrogens (primary N) is 1. The molecule has 0 fully saturated rings. The van der Waals surface area contributed by atoms with Crippen LogP contribution in [0.3, 0.4) is 0 Å². The molecular formula is C23H26N3OS+. The number of urea groups is 1. The summed E-state index contributed by atoms with van der Waals surface area (Å²) in [6.45, 7) is 1.62. The van der Waals surface area contributed by atoms with Gasteiger partial charge in [0, 0.05) is 28.6 Å². The van der Waals surface area contributed by atoms with Crippen LogP contribution in [0.1, 0.15) is 16.9 Å². The van der Waals surface area contributed by atoms with Crippen LogP contribution in [0.5, 0.6) is 0 Å². The Morgan fingerprint density at radius 1 is 1.04 bits per heavy atom. The van der Waals surface area contributed by atoms with Gasteiger partial charge in [-0.3, -0.25) is 0 Å². The Balaban J connectivity index is 1.65. The van der Waals surface area contributed by atoms with Gasteiger partial charge >= 0.3 is 6.03 Å². The van der Waals surface area contributed by atoms with Crippen LogP contribution in [0, 0.1) is 0 Å². The molecule has 5 heteroatoms. The lowest BCUT2D eigenvalue weighted by Crippen LogP contribution is -2.49. The van der Waals surface area contributed by atoms with E-state index in [9.17, 15) is 4.79 Å². The van der Waals surface area contributed by atoms with Crippen molar-refractivity contribution in [1.82, 2.24) is 4.57 Å². The topological polar surface area (TPSA) is 48.0 Å². The van der Waals surface area contributed by atoms with E-state index in [0.29, 0.717) is 0 Å². The van der Waals surface area contributed by atoms with Crippen LogP contribution in [0.4, 0.5) is 4.79 Å². The molecule has 2 amide bonds. The molecule has 0 atom stereocenters. The van der Waals surface area contributed by atoms with E-state index in [1.54, 1.807) is 0 Å². The van der Waals surface area contributed by atoms with Gasteiger partial charge < -0.3 is 10.3 Å². The number of quaternary nitrogens is 1. The molecule has 4 rings (SSSR count). The number of nitrogens with zero attached hydrogens (tertiary/aromatic N) is 2. The van der Waals surface area contributed by atoms with Gasteiger partial charge in [0.1, 0.15) is 4.83 Å². The van der Waals surface area contributed by atoms with Crippen molar-refractivity contribution in [1.29, 1.82) is 0 Å². The van der Waals surface area contributed by atoms with Crippen LogP contribution in [0.15, 0.2) is 60.7 Å². The molecule has 2 N–H and O–H groups in total. The number of fused-ring (bicyclic) bond motifs is 3. The summed E-state index contributed by atoms with van der Waals surface area (Å²) in [5.41, 5.74) is 8.07. The Hall–Kier alpha value is -2.63. The quantitative estimate of drug-likeness (QED) is 0.462. The van der Waals surface area contributed by atoms with Crippen molar-refractivity contribution in [2.45, 2.75) is 19.4 Å². The van der Waals surface area contributed by atoms with Crippen molar-refractivity contribution in [3.63, 3.8) is 0 Å². The largest absolute Gasteiger partial charge is 0.413 e. The number of aromatic nitrogens is 1. The van der Waals surface area contributed by atoms with Crippen LogP contribution in [-0.4, -0.2) is 35.7 Å². The predicted octanol–water partition coefficient (Wildman–Crippen LogP) is 4.99. The van der Waals surface area contributed by atoms with Crippen LogP contribution < -0.4 is 5.73 Å². The number of carbonyl (C=O) groups excluding carboxylic acids is 1. The summed E-state index contributed by atoms with van der Waals surface area (Å²) in [6.07, 6.45) is 1.91. The molecule has 2 aromatic heterocycles. The van der Waals surface area contributed by atoms with Crippen LogP contribution in [0.25, 0.3) is 21.1 Å². The molecule has 0 aliphatic heterocycles. The first-order valence-corrected chi connectivity index (χ1v) is 10.4. The lowest BCUT2D eigenvalue weighted by molar-refractivity contribution is -0.808. The number of carbonyl (C=O) groups is 1. The minimum absolute atomic E-state index is 0.230. The zero-order valence-electron chi connectivity index (χ0n) is 16.4. The molecule has 0 bridgehead atoms. The second kappa shape index (κ2) is 7.41. The highest BCUT2D eigenvalue weighted by Gasteiger charge is 2.22. The van der Waals surface area contributed by atoms with Gasteiger partial charge in [0.15, 0.2) is 0 Å². The molecule has 0 saturated carbocycles. The lowest BCUT2D eigenvalue weighted by Gasteiger charge is -2.23. The number of rotatable bonds is 6. The zero-order chi connectivity index (χ0) is 19.7. The fourth-order valence-corrected chi connectivity index (χ4v) is 4.90. The first-order valence-electron chi connectivity index (χ1n) is 9.62. The maximum atomic E-state index is 11.5. The van der Waals surface area contributed by atoms with E-state index in [0.717, 1.165) is 25.9 Å². The summed E-state index contributed by atoms with van der Waals surface area (Å²) < 4.78 is 2.66. The summed E-state index contributed by atoms with van der Waals surface area (Å²) in [7, 11) is 3.74. The van der Waals surface area contributed by atoms with E-state index in [2.05, 4.69) is 65.2 Å². The number of thiophene rings is 1. The van der Waals surface area contributed by atoms with E-state index in [1.807, 2.05) is 25.4 Å². The molecule has 28 heavy (non-hydrogen) atoms. The Morgan fingerprint density at radius 3 is 2.50 bits per heavy atom. The number of benzene rings is 2. The molecule has 4 aromatic rings. The van der Waals surface area contributed by atoms with Gasteiger partial charge in [-0.1, -0.05) is 48.5 Å². The number of hydrogen-bond donors (Lipinski definition) is 1. The summed E-state index contributed by atoms with van der Waals surface area (Å²) in [4.78, 5) is 14.2. The van der Waals surface area contributed by atoms with Crippen molar-refractivity contribution in [3.8, 4) is 0 Å². The second-order valence-corrected chi connectivity index (χ2v) is 8.99. The molecule has 2 aromatic carbocycles. The first-order chi connectivity index (χ1) is 13.5. The van der Waals surface area contributed by atoms with Crippen molar-refractivity contribution in [2.24, 2.45) is 5.73 Å². The first kappa shape index (κ1) is 18.7. The minimum atomic E-state index is -0.281. The molecule has 0 spiro atoms. The van der Waals surface area contributed by atoms with Crippen molar-refractivity contribution in [3.05, 3.63) is 71.1 Å². The average Bonchev–Trinajstić information content (AvgIpc) is 3.21. The van der Waals surface area contributed by atoms with Gasteiger partial charge in [-0.05, 0) is 24.1 Å². The summed E-state index contributed by atoms with van der Waals surface area (Å²) in [5.74, 6) is 0. The number of aryl methyl sites for hydroxylation is 1. The highest BCUT2D eigenvalue weighted by atomic mass is 32.1. The summed E-state index contributed by atoms with van der Waals surface area (Å²) in [5, 5.41) is 2.64. The SMILES string of the molecule is C[N+](C)(CCCc1cc2c3ccccc3n(Cc3ccccc3)c2s1)C(N)=O. The van der Waals surface area contributed by atoms with Gasteiger partial charge in [0.05, 0.1) is 26.2 Å². The smallest absolute Gasteiger partial charge is 0.328 e. The highest BCUT2D eigenvalue weighted by Crippen LogP contribution is 2.36. The van der Waals surface area contributed by atoms with E-state index >= 15 is 0 Å². The summed E-state index contributed by atoms with van der Waals surface area (Å²) in [6, 6.07) is 21.3. The molecule has 4 nitrogen and oxygen atoms in total. The Kier molecular flexibility index (Phi) is 4.96. The Labute approximate surface area is 169 Å². The zero-order valence-corrected chi connectivity index (χ0v) is 17.2. The van der Waals surface area contributed by atoms with Gasteiger partial charge in [-0.25, -0.2) is 9.28 Å². The fraction of sp³-hybridized carbons (Fsp3) is 0.261. The lowest BCUT2D eigenvalue weighted by atomic mass is 10.2. The minimum Gasteiger partial charge on any atom is -0.328 e. The molecular weight excluding hydrogens is 366 g/mol. The third-order valence-electron chi connectivity index (χ3n) is 5.41. The van der Waals surface area contributed by atoms with E-state index in [4.69, 9.17) is 5.73 Å². The molecule has 2 heterocycles. The van der Waals surface area contributed by atoms with Crippen LogP contribution in [-0.2, 0) is 13.0 Å². The van der Waals surface area contributed by atoms with Gasteiger partial charge in [0.2, 0.25) is 0 Å². The number of hydrogen-bond acceptors (Lipinski definition) is 2. The molecule has 0 radical (unpaired) electrons. The predicted molar refractivity (Wildman–Crippen MR) is 118 cm³/mol. The maximum absolute atomic E-state index is 11.5. The Bertz CT molecular complexity index is 1120. The molecule has 0 aliphatic rings. The van der Waals surface area contributed by atoms with Crippen molar-refractivity contribution < 1.29 is 9.28 Å². The summed E-state index contributed by atoms with van der Waals surface area (Å²) >= 11 is 1.87. The highest BCUT2D eigenvalue weighted by molar-refractivity contribution is 7.19. The van der Waals surface area contributed by atoms with Gasteiger partial charge in [-0.15, -0.1) is 11.3 Å². The monoisotopic (exact) mass is 392 g/mol. The number of primary amides is 1. The molecule has 0 saturated heterocycles. The molecule has 144 valence electrons. The van der Waals surface area contributed by atoms with Gasteiger partial charge in [-0.2, -0.15) is 0 Å². The standard InChI is InChI=1S/C23H25N3OS/c1-26(2,23(24)27)14-8-11-18-15-20-19-12-6-7-13-21(19)25(22(20)28-18)16-17-9-4-3-5-10-17/h3-7,9-10,12-13,15H,8,11,14,16H2,1-2H3,(H-,24,27)/p+1.